The van der Waals surface area contributed by atoms with Crippen LogP contribution in [0, 0.1) is 0 Å². The van der Waals surface area contributed by atoms with E-state index >= 15 is 0 Å². The number of rotatable bonds is 4. The number of nitrogens with zero attached hydrogens (tertiary/aromatic N) is 2. The molecule has 4 nitrogen and oxygen atoms in total. The van der Waals surface area contributed by atoms with Gasteiger partial charge in [0.1, 0.15) is 5.03 Å². The highest BCUT2D eigenvalue weighted by Gasteiger charge is 2.01. The third-order valence-corrected chi connectivity index (χ3v) is 3.65. The Morgan fingerprint density at radius 3 is 2.81 bits per heavy atom. The average molecular weight is 254 g/mol. The van der Waals surface area contributed by atoms with Gasteiger partial charge in [-0.25, -0.2) is 9.19 Å². The normalized spacial score (nSPS) is 12.8. The minimum Gasteiger partial charge on any atom is -0.306 e. The Labute approximate surface area is 99.8 Å². The quantitative estimate of drug-likeness (QED) is 0.667. The molecule has 1 aromatic heterocycles. The first-order valence-electron chi connectivity index (χ1n) is 4.68. The Kier molecular flexibility index (Phi) is 3.87. The van der Waals surface area contributed by atoms with Crippen molar-refractivity contribution < 1.29 is 8.76 Å². The first-order chi connectivity index (χ1) is 7.75. The van der Waals surface area contributed by atoms with Gasteiger partial charge in [-0.3, -0.25) is 4.98 Å². The molecule has 1 unspecified atom stereocenters. The van der Waals surface area contributed by atoms with Crippen molar-refractivity contribution in [2.45, 2.75) is 5.03 Å². The van der Waals surface area contributed by atoms with Crippen molar-refractivity contribution in [1.82, 2.24) is 9.97 Å². The second kappa shape index (κ2) is 5.38. The fourth-order valence-corrected chi connectivity index (χ4v) is 2.63. The highest BCUT2D eigenvalue weighted by atomic mass is 32.2. The molecule has 1 atom stereocenters. The van der Waals surface area contributed by atoms with Crippen LogP contribution in [0.25, 0.3) is 11.0 Å². The lowest BCUT2D eigenvalue weighted by Gasteiger charge is -2.00. The van der Waals surface area contributed by atoms with Crippen molar-refractivity contribution in [3.63, 3.8) is 0 Å². The maximum atomic E-state index is 10.5. The molecule has 0 aliphatic carbocycles. The van der Waals surface area contributed by atoms with Crippen molar-refractivity contribution in [3.8, 4) is 0 Å². The van der Waals surface area contributed by atoms with E-state index in [9.17, 15) is 4.21 Å². The highest BCUT2D eigenvalue weighted by Crippen LogP contribution is 2.17. The van der Waals surface area contributed by atoms with Crippen LogP contribution in [0.3, 0.4) is 0 Å². The minimum atomic E-state index is -1.74. The molecule has 0 saturated heterocycles. The molecule has 0 aliphatic rings. The molecule has 2 rings (SSSR count). The van der Waals surface area contributed by atoms with Gasteiger partial charge in [0.15, 0.2) is 11.1 Å². The van der Waals surface area contributed by atoms with Gasteiger partial charge >= 0.3 is 0 Å². The summed E-state index contributed by atoms with van der Waals surface area (Å²) in [6.45, 7) is 0. The number of para-hydroxylation sites is 2. The third kappa shape index (κ3) is 3.01. The topological polar surface area (TPSA) is 63.1 Å². The zero-order valence-electron chi connectivity index (χ0n) is 8.37. The molecule has 16 heavy (non-hydrogen) atoms. The van der Waals surface area contributed by atoms with Gasteiger partial charge in [-0.2, -0.15) is 0 Å². The average Bonchev–Trinajstić information content (AvgIpc) is 2.28. The summed E-state index contributed by atoms with van der Waals surface area (Å²) >= 11 is -0.298. The van der Waals surface area contributed by atoms with Crippen molar-refractivity contribution >= 4 is 33.9 Å². The third-order valence-electron chi connectivity index (χ3n) is 1.93. The zero-order chi connectivity index (χ0) is 11.4. The Hall–Kier alpha value is -0.980. The second-order valence-electron chi connectivity index (χ2n) is 3.07. The molecule has 1 N–H and O–H groups in total. The highest BCUT2D eigenvalue weighted by molar-refractivity contribution is 7.99. The predicted molar refractivity (Wildman–Crippen MR) is 65.9 cm³/mol. The van der Waals surface area contributed by atoms with Crippen molar-refractivity contribution in [1.29, 1.82) is 0 Å². The maximum absolute atomic E-state index is 10.5. The van der Waals surface area contributed by atoms with E-state index in [1.165, 1.54) is 11.8 Å². The van der Waals surface area contributed by atoms with E-state index in [0.29, 0.717) is 5.75 Å². The minimum absolute atomic E-state index is 0.249. The lowest BCUT2D eigenvalue weighted by molar-refractivity contribution is 0.566. The summed E-state index contributed by atoms with van der Waals surface area (Å²) in [6, 6.07) is 7.63. The van der Waals surface area contributed by atoms with Crippen LogP contribution in [0.1, 0.15) is 0 Å². The van der Waals surface area contributed by atoms with Crippen molar-refractivity contribution in [3.05, 3.63) is 30.5 Å². The molecule has 2 aromatic rings. The first kappa shape index (κ1) is 11.5. The number of hydrogen-bond acceptors (Lipinski definition) is 4. The van der Waals surface area contributed by atoms with Gasteiger partial charge in [-0.05, 0) is 12.1 Å². The summed E-state index contributed by atoms with van der Waals surface area (Å²) in [5.74, 6) is 0.815. The first-order valence-corrected chi connectivity index (χ1v) is 6.94. The Morgan fingerprint density at radius 1 is 1.31 bits per heavy atom. The SMILES string of the molecule is O=S(O)CCSc1cnc2ccccc2n1. The number of benzene rings is 1. The lowest BCUT2D eigenvalue weighted by Crippen LogP contribution is -1.98. The van der Waals surface area contributed by atoms with Crippen molar-refractivity contribution in [2.75, 3.05) is 11.5 Å². The van der Waals surface area contributed by atoms with Gasteiger partial charge in [0.05, 0.1) is 23.0 Å². The van der Waals surface area contributed by atoms with Gasteiger partial charge in [0, 0.05) is 5.75 Å². The molecule has 0 saturated carbocycles. The van der Waals surface area contributed by atoms with Crippen LogP contribution < -0.4 is 0 Å². The molecular formula is C10H10N2O2S2. The van der Waals surface area contributed by atoms with Gasteiger partial charge in [0.25, 0.3) is 0 Å². The Bertz CT molecular complexity index is 519. The molecule has 0 bridgehead atoms. The van der Waals surface area contributed by atoms with E-state index < -0.39 is 11.1 Å². The smallest absolute Gasteiger partial charge is 0.153 e. The van der Waals surface area contributed by atoms with Gasteiger partial charge in [-0.15, -0.1) is 11.8 Å². The molecule has 0 aliphatic heterocycles. The molecule has 1 heterocycles. The summed E-state index contributed by atoms with van der Waals surface area (Å²) in [4.78, 5) is 8.65. The summed E-state index contributed by atoms with van der Waals surface area (Å²) in [5, 5.41) is 0.782. The lowest BCUT2D eigenvalue weighted by atomic mass is 10.3. The molecule has 84 valence electrons. The number of thioether (sulfide) groups is 1. The number of aromatic nitrogens is 2. The van der Waals surface area contributed by atoms with Gasteiger partial charge in [0.2, 0.25) is 0 Å². The Morgan fingerprint density at radius 2 is 2.06 bits per heavy atom. The van der Waals surface area contributed by atoms with Crippen molar-refractivity contribution in [2.24, 2.45) is 0 Å². The molecule has 0 spiro atoms. The molecule has 0 fully saturated rings. The molecule has 0 amide bonds. The largest absolute Gasteiger partial charge is 0.306 e. The summed E-state index contributed by atoms with van der Waals surface area (Å²) in [5.41, 5.74) is 1.70. The zero-order valence-corrected chi connectivity index (χ0v) is 10.0. The fourth-order valence-electron chi connectivity index (χ4n) is 1.23. The summed E-state index contributed by atoms with van der Waals surface area (Å²) < 4.78 is 19.1. The molecular weight excluding hydrogens is 244 g/mol. The molecule has 0 radical (unpaired) electrons. The standard InChI is InChI=1S/C10H10N2O2S2/c13-16(14)6-5-15-10-7-11-8-3-1-2-4-9(8)12-10/h1-4,7H,5-6H2,(H,13,14). The van der Waals surface area contributed by atoms with Crippen LogP contribution in [-0.2, 0) is 11.1 Å². The number of fused-ring (bicyclic) bond motifs is 1. The Balaban J connectivity index is 2.10. The molecule has 6 heteroatoms. The van der Waals surface area contributed by atoms with Gasteiger partial charge in [-0.1, -0.05) is 12.1 Å². The predicted octanol–water partition coefficient (Wildman–Crippen LogP) is 1.94. The second-order valence-corrected chi connectivity index (χ2v) is 5.24. The van der Waals surface area contributed by atoms with Crippen LogP contribution in [0.2, 0.25) is 0 Å². The van der Waals surface area contributed by atoms with E-state index in [0.717, 1.165) is 16.1 Å². The van der Waals surface area contributed by atoms with Crippen LogP contribution in [0.5, 0.6) is 0 Å². The van der Waals surface area contributed by atoms with E-state index in [1.54, 1.807) is 6.20 Å². The van der Waals surface area contributed by atoms with Crippen LogP contribution >= 0.6 is 11.8 Å². The van der Waals surface area contributed by atoms with Crippen LogP contribution in [-0.4, -0.2) is 30.2 Å². The van der Waals surface area contributed by atoms with Crippen LogP contribution in [0.4, 0.5) is 0 Å². The van der Waals surface area contributed by atoms with E-state index in [-0.39, 0.29) is 5.75 Å². The van der Waals surface area contributed by atoms with E-state index in [4.69, 9.17) is 4.55 Å². The summed E-state index contributed by atoms with van der Waals surface area (Å²) in [6.07, 6.45) is 1.69. The monoisotopic (exact) mass is 254 g/mol. The maximum Gasteiger partial charge on any atom is 0.153 e. The van der Waals surface area contributed by atoms with E-state index in [2.05, 4.69) is 9.97 Å². The van der Waals surface area contributed by atoms with E-state index in [1.807, 2.05) is 24.3 Å². The summed E-state index contributed by atoms with van der Waals surface area (Å²) in [7, 11) is 0. The fraction of sp³-hybridized carbons (Fsp3) is 0.200. The number of hydrogen-bond donors (Lipinski definition) is 1. The van der Waals surface area contributed by atoms with Gasteiger partial charge < -0.3 is 4.55 Å². The van der Waals surface area contributed by atoms with Crippen LogP contribution in [0.15, 0.2) is 35.5 Å². The molecule has 1 aromatic carbocycles.